The number of aromatic hydroxyl groups is 1. The van der Waals surface area contributed by atoms with Crippen molar-refractivity contribution < 1.29 is 5.11 Å². The van der Waals surface area contributed by atoms with Crippen LogP contribution in [-0.2, 0) is 7.05 Å². The molecule has 0 aliphatic heterocycles. The van der Waals surface area contributed by atoms with Crippen molar-refractivity contribution in [3.05, 3.63) is 28.4 Å². The first-order chi connectivity index (χ1) is 7.52. The Kier molecular flexibility index (Phi) is 2.63. The van der Waals surface area contributed by atoms with Crippen molar-refractivity contribution in [2.45, 2.75) is 6.92 Å². The maximum Gasteiger partial charge on any atom is 0.138 e. The Balaban J connectivity index is 2.73. The molecule has 0 aliphatic carbocycles. The van der Waals surface area contributed by atoms with E-state index in [0.717, 1.165) is 16.7 Å². The van der Waals surface area contributed by atoms with Gasteiger partial charge in [-0.15, -0.1) is 0 Å². The normalized spacial score (nSPS) is 10.7. The zero-order valence-corrected chi connectivity index (χ0v) is 10.6. The van der Waals surface area contributed by atoms with E-state index in [-0.39, 0.29) is 5.75 Å². The van der Waals surface area contributed by atoms with Crippen molar-refractivity contribution in [2.24, 2.45) is 7.05 Å². The largest absolute Gasteiger partial charge is 0.506 e. The van der Waals surface area contributed by atoms with Crippen molar-refractivity contribution in [1.29, 1.82) is 0 Å². The third-order valence-electron chi connectivity index (χ3n) is 2.59. The molecule has 84 valence electrons. The molecule has 0 fully saturated rings. The molecule has 0 atom stereocenters. The maximum atomic E-state index is 10.0. The number of hydrogen-bond acceptors (Lipinski definition) is 3. The average molecular weight is 282 g/mol. The molecular weight excluding hydrogens is 270 g/mol. The van der Waals surface area contributed by atoms with E-state index in [9.17, 15) is 5.11 Å². The Morgan fingerprint density at radius 2 is 2.12 bits per heavy atom. The number of phenolic OH excluding ortho intramolecular Hbond substituents is 1. The van der Waals surface area contributed by atoms with Crippen molar-refractivity contribution in [3.8, 4) is 16.9 Å². The van der Waals surface area contributed by atoms with Crippen LogP contribution in [0.25, 0.3) is 11.1 Å². The molecule has 2 rings (SSSR count). The molecule has 0 saturated carbocycles. The van der Waals surface area contributed by atoms with Crippen molar-refractivity contribution in [3.63, 3.8) is 0 Å². The summed E-state index contributed by atoms with van der Waals surface area (Å²) in [7, 11) is 1.77. The summed E-state index contributed by atoms with van der Waals surface area (Å²) in [4.78, 5) is 0. The number of rotatable bonds is 1. The predicted molar refractivity (Wildman–Crippen MR) is 67.2 cm³/mol. The van der Waals surface area contributed by atoms with Gasteiger partial charge in [0.25, 0.3) is 0 Å². The Bertz CT molecular complexity index is 548. The first kappa shape index (κ1) is 11.0. The molecule has 0 bridgehead atoms. The van der Waals surface area contributed by atoms with Gasteiger partial charge < -0.3 is 10.8 Å². The van der Waals surface area contributed by atoms with Crippen molar-refractivity contribution in [2.75, 3.05) is 5.73 Å². The van der Waals surface area contributed by atoms with E-state index in [2.05, 4.69) is 21.0 Å². The minimum absolute atomic E-state index is 0.194. The summed E-state index contributed by atoms with van der Waals surface area (Å²) in [6, 6.07) is 3.73. The fraction of sp³-hybridized carbons (Fsp3) is 0.182. The molecule has 1 aromatic carbocycles. The van der Waals surface area contributed by atoms with Crippen LogP contribution >= 0.6 is 15.9 Å². The number of phenols is 1. The number of nitrogens with zero attached hydrogens (tertiary/aromatic N) is 2. The second kappa shape index (κ2) is 3.83. The van der Waals surface area contributed by atoms with Crippen LogP contribution in [0.3, 0.4) is 0 Å². The minimum atomic E-state index is 0.194. The lowest BCUT2D eigenvalue weighted by Gasteiger charge is -2.09. The molecule has 0 amide bonds. The summed E-state index contributed by atoms with van der Waals surface area (Å²) >= 11 is 3.29. The SMILES string of the molecule is Cc1ccc(Br)c(O)c1-c1cnn(C)c1N. The molecular formula is C11H12BrN3O. The van der Waals surface area contributed by atoms with E-state index in [1.54, 1.807) is 24.0 Å². The summed E-state index contributed by atoms with van der Waals surface area (Å²) in [6.07, 6.45) is 1.66. The van der Waals surface area contributed by atoms with E-state index in [0.29, 0.717) is 10.3 Å². The first-order valence-corrected chi connectivity index (χ1v) is 5.57. The van der Waals surface area contributed by atoms with Gasteiger partial charge in [0.15, 0.2) is 0 Å². The van der Waals surface area contributed by atoms with E-state index in [4.69, 9.17) is 5.73 Å². The lowest BCUT2D eigenvalue weighted by Crippen LogP contribution is -1.98. The number of aryl methyl sites for hydroxylation is 2. The zero-order chi connectivity index (χ0) is 11.9. The fourth-order valence-corrected chi connectivity index (χ4v) is 1.98. The number of hydrogen-bond donors (Lipinski definition) is 2. The average Bonchev–Trinajstić information content (AvgIpc) is 2.56. The van der Waals surface area contributed by atoms with E-state index < -0.39 is 0 Å². The Hall–Kier alpha value is -1.49. The van der Waals surface area contributed by atoms with Crippen LogP contribution < -0.4 is 5.73 Å². The molecule has 5 heteroatoms. The first-order valence-electron chi connectivity index (χ1n) is 4.78. The number of benzene rings is 1. The monoisotopic (exact) mass is 281 g/mol. The van der Waals surface area contributed by atoms with Crippen molar-refractivity contribution in [1.82, 2.24) is 9.78 Å². The predicted octanol–water partition coefficient (Wildman–Crippen LogP) is 2.45. The molecule has 0 aliphatic rings. The van der Waals surface area contributed by atoms with E-state index >= 15 is 0 Å². The Morgan fingerprint density at radius 3 is 2.69 bits per heavy atom. The van der Waals surface area contributed by atoms with Gasteiger partial charge in [-0.1, -0.05) is 6.07 Å². The fourth-order valence-electron chi connectivity index (χ4n) is 1.65. The highest BCUT2D eigenvalue weighted by Gasteiger charge is 2.15. The molecule has 2 aromatic rings. The Labute approximate surface area is 102 Å². The van der Waals surface area contributed by atoms with Gasteiger partial charge in [-0.3, -0.25) is 4.68 Å². The van der Waals surface area contributed by atoms with Gasteiger partial charge in [0, 0.05) is 18.2 Å². The molecule has 0 unspecified atom stereocenters. The van der Waals surface area contributed by atoms with Crippen LogP contribution in [0.2, 0.25) is 0 Å². The minimum Gasteiger partial charge on any atom is -0.506 e. The number of aromatic nitrogens is 2. The highest BCUT2D eigenvalue weighted by molar-refractivity contribution is 9.10. The Morgan fingerprint density at radius 1 is 1.44 bits per heavy atom. The van der Waals surface area contributed by atoms with Crippen LogP contribution in [-0.4, -0.2) is 14.9 Å². The summed E-state index contributed by atoms with van der Waals surface area (Å²) in [6.45, 7) is 1.92. The van der Waals surface area contributed by atoms with Gasteiger partial charge in [-0.05, 0) is 34.5 Å². The molecule has 16 heavy (non-hydrogen) atoms. The molecule has 1 aromatic heterocycles. The molecule has 0 spiro atoms. The highest BCUT2D eigenvalue weighted by atomic mass is 79.9. The van der Waals surface area contributed by atoms with Crippen LogP contribution in [0.4, 0.5) is 5.82 Å². The zero-order valence-electron chi connectivity index (χ0n) is 9.03. The van der Waals surface area contributed by atoms with E-state index in [1.165, 1.54) is 0 Å². The third-order valence-corrected chi connectivity index (χ3v) is 3.23. The molecule has 3 N–H and O–H groups in total. The molecule has 0 saturated heterocycles. The number of halogens is 1. The standard InChI is InChI=1S/C11H12BrN3O/c1-6-3-4-8(12)10(16)9(6)7-5-14-15(2)11(7)13/h3-5,16H,13H2,1-2H3. The van der Waals surface area contributed by atoms with Crippen LogP contribution in [0, 0.1) is 6.92 Å². The molecule has 4 nitrogen and oxygen atoms in total. The summed E-state index contributed by atoms with van der Waals surface area (Å²) in [5.74, 6) is 0.733. The number of nitrogen functional groups attached to an aromatic ring is 1. The maximum absolute atomic E-state index is 10.0. The lowest BCUT2D eigenvalue weighted by atomic mass is 10.0. The van der Waals surface area contributed by atoms with E-state index in [1.807, 2.05) is 13.0 Å². The van der Waals surface area contributed by atoms with Gasteiger partial charge in [0.05, 0.1) is 10.7 Å². The summed E-state index contributed by atoms with van der Waals surface area (Å²) in [5, 5.41) is 14.1. The summed E-state index contributed by atoms with van der Waals surface area (Å²) in [5.41, 5.74) is 8.33. The van der Waals surface area contributed by atoms with Gasteiger partial charge in [0.2, 0.25) is 0 Å². The highest BCUT2D eigenvalue weighted by Crippen LogP contribution is 2.39. The number of nitrogens with two attached hydrogens (primary N) is 1. The van der Waals surface area contributed by atoms with Gasteiger partial charge in [-0.2, -0.15) is 5.10 Å². The third kappa shape index (κ3) is 1.57. The van der Waals surface area contributed by atoms with Crippen LogP contribution in [0.5, 0.6) is 5.75 Å². The molecule has 1 heterocycles. The van der Waals surface area contributed by atoms with Gasteiger partial charge >= 0.3 is 0 Å². The van der Waals surface area contributed by atoms with Gasteiger partial charge in [0.1, 0.15) is 11.6 Å². The molecule has 0 radical (unpaired) electrons. The smallest absolute Gasteiger partial charge is 0.138 e. The quantitative estimate of drug-likeness (QED) is 0.844. The van der Waals surface area contributed by atoms with Crippen LogP contribution in [0.1, 0.15) is 5.56 Å². The van der Waals surface area contributed by atoms with Crippen molar-refractivity contribution >= 4 is 21.7 Å². The van der Waals surface area contributed by atoms with Crippen LogP contribution in [0.15, 0.2) is 22.8 Å². The number of anilines is 1. The second-order valence-electron chi connectivity index (χ2n) is 3.65. The summed E-state index contributed by atoms with van der Waals surface area (Å²) < 4.78 is 2.23. The second-order valence-corrected chi connectivity index (χ2v) is 4.51. The lowest BCUT2D eigenvalue weighted by molar-refractivity contribution is 0.473. The van der Waals surface area contributed by atoms with Gasteiger partial charge in [-0.25, -0.2) is 0 Å². The topological polar surface area (TPSA) is 64.1 Å².